The second kappa shape index (κ2) is 6.55. The third kappa shape index (κ3) is 3.02. The van der Waals surface area contributed by atoms with Crippen LogP contribution in [-0.2, 0) is 0 Å². The zero-order valence-corrected chi connectivity index (χ0v) is 16.3. The summed E-state index contributed by atoms with van der Waals surface area (Å²) >= 11 is 12.4. The van der Waals surface area contributed by atoms with E-state index in [9.17, 15) is 0 Å². The molecular formula is C19H23Cl2N5. The van der Waals surface area contributed by atoms with Gasteiger partial charge in [0.05, 0.1) is 16.2 Å². The van der Waals surface area contributed by atoms with E-state index >= 15 is 0 Å². The van der Waals surface area contributed by atoms with Gasteiger partial charge in [0.25, 0.3) is 0 Å². The van der Waals surface area contributed by atoms with Gasteiger partial charge in [-0.1, -0.05) is 42.3 Å². The number of hydrogen-bond acceptors (Lipinski definition) is 5. The maximum Gasteiger partial charge on any atom is 0.152 e. The van der Waals surface area contributed by atoms with E-state index in [1.807, 2.05) is 12.1 Å². The number of halogens is 2. The van der Waals surface area contributed by atoms with Crippen LogP contribution in [0.4, 0.5) is 11.6 Å². The Morgan fingerprint density at radius 2 is 1.92 bits per heavy atom. The first kappa shape index (κ1) is 17.8. The van der Waals surface area contributed by atoms with Crippen LogP contribution in [0.3, 0.4) is 0 Å². The Morgan fingerprint density at radius 1 is 1.23 bits per heavy atom. The summed E-state index contributed by atoms with van der Waals surface area (Å²) in [7, 11) is 0. The molecule has 2 fully saturated rings. The van der Waals surface area contributed by atoms with Gasteiger partial charge >= 0.3 is 0 Å². The lowest BCUT2D eigenvalue weighted by Crippen LogP contribution is -2.29. The number of hydrogen-bond donors (Lipinski definition) is 2. The Kier molecular flexibility index (Phi) is 4.49. The van der Waals surface area contributed by atoms with Crippen molar-refractivity contribution in [2.75, 3.05) is 30.3 Å². The van der Waals surface area contributed by atoms with Gasteiger partial charge in [-0.25, -0.2) is 9.97 Å². The second-order valence-electron chi connectivity index (χ2n) is 7.91. The maximum atomic E-state index is 6.30. The molecule has 4 rings (SSSR count). The molecule has 2 aromatic rings. The Hall–Kier alpha value is -1.56. The molecule has 138 valence electrons. The Labute approximate surface area is 163 Å². The predicted molar refractivity (Wildman–Crippen MR) is 107 cm³/mol. The largest absolute Gasteiger partial charge is 0.382 e. The minimum atomic E-state index is 0.291. The van der Waals surface area contributed by atoms with E-state index in [2.05, 4.69) is 21.8 Å². The van der Waals surface area contributed by atoms with E-state index in [0.29, 0.717) is 44.4 Å². The lowest BCUT2D eigenvalue weighted by Gasteiger charge is -2.26. The minimum Gasteiger partial charge on any atom is -0.382 e. The van der Waals surface area contributed by atoms with Crippen molar-refractivity contribution in [1.82, 2.24) is 9.97 Å². The number of nitrogens with two attached hydrogens (primary N) is 2. The summed E-state index contributed by atoms with van der Waals surface area (Å²) in [4.78, 5) is 11.4. The summed E-state index contributed by atoms with van der Waals surface area (Å²) < 4.78 is 0. The highest BCUT2D eigenvalue weighted by molar-refractivity contribution is 6.43. The molecule has 1 aliphatic heterocycles. The van der Waals surface area contributed by atoms with Gasteiger partial charge in [0.15, 0.2) is 5.82 Å². The Bertz CT molecular complexity index is 827. The number of fused-ring (bicyclic) bond motifs is 1. The zero-order chi connectivity index (χ0) is 18.5. The van der Waals surface area contributed by atoms with Crippen LogP contribution >= 0.6 is 23.2 Å². The first-order chi connectivity index (χ1) is 12.4. The fraction of sp³-hybridized carbons (Fsp3) is 0.474. The molecule has 2 heterocycles. The second-order valence-corrected chi connectivity index (χ2v) is 8.70. The third-order valence-corrected chi connectivity index (χ3v) is 6.72. The van der Waals surface area contributed by atoms with Crippen molar-refractivity contribution in [1.29, 1.82) is 0 Å². The monoisotopic (exact) mass is 391 g/mol. The fourth-order valence-corrected chi connectivity index (χ4v) is 4.93. The molecule has 2 aliphatic rings. The number of benzene rings is 1. The first-order valence-corrected chi connectivity index (χ1v) is 9.68. The Morgan fingerprint density at radius 3 is 2.54 bits per heavy atom. The fourth-order valence-electron chi connectivity index (χ4n) is 4.54. The lowest BCUT2D eigenvalue weighted by molar-refractivity contribution is 0.324. The van der Waals surface area contributed by atoms with E-state index in [-0.39, 0.29) is 0 Å². The summed E-state index contributed by atoms with van der Waals surface area (Å²) in [5.41, 5.74) is 13.7. The van der Waals surface area contributed by atoms with Crippen LogP contribution in [0, 0.1) is 17.3 Å². The number of anilines is 2. The SMILES string of the molecule is C[C@]1(CN)C[C@H]2CN(c3cnc(-c4cccc(Cl)c4Cl)c(N)n3)C[C@H]2C1. The van der Waals surface area contributed by atoms with Crippen molar-refractivity contribution in [2.45, 2.75) is 19.8 Å². The molecule has 1 aromatic carbocycles. The minimum absolute atomic E-state index is 0.291. The number of nitrogens with zero attached hydrogens (tertiary/aromatic N) is 3. The van der Waals surface area contributed by atoms with Gasteiger partial charge in [-0.05, 0) is 42.7 Å². The molecule has 26 heavy (non-hydrogen) atoms. The van der Waals surface area contributed by atoms with Crippen LogP contribution in [0.2, 0.25) is 10.0 Å². The number of aromatic nitrogens is 2. The molecule has 0 spiro atoms. The summed E-state index contributed by atoms with van der Waals surface area (Å²) in [5, 5.41) is 0.921. The van der Waals surface area contributed by atoms with Crippen LogP contribution in [0.25, 0.3) is 11.3 Å². The molecule has 1 saturated carbocycles. The summed E-state index contributed by atoms with van der Waals surface area (Å²) in [6, 6.07) is 5.42. The van der Waals surface area contributed by atoms with E-state index in [1.165, 1.54) is 12.8 Å². The quantitative estimate of drug-likeness (QED) is 0.830. The number of rotatable bonds is 3. The van der Waals surface area contributed by atoms with Crippen molar-refractivity contribution >= 4 is 34.8 Å². The molecule has 1 aliphatic carbocycles. The molecule has 1 aromatic heterocycles. The van der Waals surface area contributed by atoms with E-state index in [0.717, 1.165) is 25.5 Å². The van der Waals surface area contributed by atoms with Gasteiger partial charge in [-0.15, -0.1) is 0 Å². The number of nitrogen functional groups attached to an aromatic ring is 1. The van der Waals surface area contributed by atoms with Crippen LogP contribution in [0.1, 0.15) is 19.8 Å². The topological polar surface area (TPSA) is 81.1 Å². The van der Waals surface area contributed by atoms with Crippen LogP contribution < -0.4 is 16.4 Å². The van der Waals surface area contributed by atoms with E-state index in [4.69, 9.17) is 34.7 Å². The van der Waals surface area contributed by atoms with Gasteiger partial charge in [0.1, 0.15) is 11.5 Å². The standard InChI is InChI=1S/C19H23Cl2N5/c1-19(10-22)5-11-8-26(9-12(11)6-19)15-7-24-17(18(23)25-15)13-3-2-4-14(20)16(13)21/h2-4,7,11-12H,5-6,8-10,22H2,1H3,(H2,23,25)/t11-,12+,19-. The Balaban J connectivity index is 1.56. The molecule has 0 radical (unpaired) electrons. The highest BCUT2D eigenvalue weighted by Gasteiger charge is 2.46. The van der Waals surface area contributed by atoms with Gasteiger partial charge < -0.3 is 16.4 Å². The van der Waals surface area contributed by atoms with Crippen molar-refractivity contribution in [2.24, 2.45) is 23.0 Å². The van der Waals surface area contributed by atoms with Crippen molar-refractivity contribution in [3.05, 3.63) is 34.4 Å². The highest BCUT2D eigenvalue weighted by Crippen LogP contribution is 2.49. The van der Waals surface area contributed by atoms with Gasteiger partial charge in [-0.3, -0.25) is 0 Å². The van der Waals surface area contributed by atoms with Gasteiger partial charge in [-0.2, -0.15) is 0 Å². The molecular weight excluding hydrogens is 369 g/mol. The molecule has 7 heteroatoms. The van der Waals surface area contributed by atoms with Crippen LogP contribution in [-0.4, -0.2) is 29.6 Å². The molecule has 5 nitrogen and oxygen atoms in total. The molecule has 1 saturated heterocycles. The molecule has 0 bridgehead atoms. The third-order valence-electron chi connectivity index (χ3n) is 5.90. The molecule has 0 unspecified atom stereocenters. The normalized spacial score (nSPS) is 27.8. The molecule has 3 atom stereocenters. The zero-order valence-electron chi connectivity index (χ0n) is 14.8. The maximum absolute atomic E-state index is 6.30. The lowest BCUT2D eigenvalue weighted by atomic mass is 9.87. The summed E-state index contributed by atoms with van der Waals surface area (Å²) in [6.45, 7) is 5.05. The molecule has 0 amide bonds. The van der Waals surface area contributed by atoms with Gasteiger partial charge in [0.2, 0.25) is 0 Å². The van der Waals surface area contributed by atoms with E-state index < -0.39 is 0 Å². The first-order valence-electron chi connectivity index (χ1n) is 8.92. The predicted octanol–water partition coefficient (Wildman–Crippen LogP) is 3.84. The van der Waals surface area contributed by atoms with Crippen molar-refractivity contribution < 1.29 is 0 Å². The van der Waals surface area contributed by atoms with Crippen molar-refractivity contribution in [3.8, 4) is 11.3 Å². The highest BCUT2D eigenvalue weighted by atomic mass is 35.5. The average molecular weight is 392 g/mol. The van der Waals surface area contributed by atoms with E-state index in [1.54, 1.807) is 12.3 Å². The van der Waals surface area contributed by atoms with Crippen LogP contribution in [0.15, 0.2) is 24.4 Å². The summed E-state index contributed by atoms with van der Waals surface area (Å²) in [6.07, 6.45) is 4.15. The molecule has 4 N–H and O–H groups in total. The van der Waals surface area contributed by atoms with Crippen molar-refractivity contribution in [3.63, 3.8) is 0 Å². The smallest absolute Gasteiger partial charge is 0.152 e. The van der Waals surface area contributed by atoms with Crippen LogP contribution in [0.5, 0.6) is 0 Å². The van der Waals surface area contributed by atoms with Gasteiger partial charge in [0, 0.05) is 18.7 Å². The average Bonchev–Trinajstić information content (AvgIpc) is 3.13. The summed E-state index contributed by atoms with van der Waals surface area (Å²) in [5.74, 6) is 2.55.